The number of carboxylic acid groups (broad SMARTS) is 2. The summed E-state index contributed by atoms with van der Waals surface area (Å²) in [6.07, 6.45) is 9.43. The molecule has 0 bridgehead atoms. The zero-order valence-electron chi connectivity index (χ0n) is 36.8. The molecule has 2 saturated heterocycles. The lowest BCUT2D eigenvalue weighted by Gasteiger charge is -2.53. The van der Waals surface area contributed by atoms with Crippen molar-refractivity contribution in [3.05, 3.63) is 0 Å². The van der Waals surface area contributed by atoms with E-state index in [1.54, 1.807) is 27.7 Å². The van der Waals surface area contributed by atoms with Gasteiger partial charge in [0.15, 0.2) is 0 Å². The summed E-state index contributed by atoms with van der Waals surface area (Å²) in [6, 6.07) is 0. The van der Waals surface area contributed by atoms with Crippen LogP contribution >= 0.6 is 0 Å². The number of nitrogens with zero attached hydrogens (tertiary/aromatic N) is 2. The first-order valence-electron chi connectivity index (χ1n) is 20.6. The lowest BCUT2D eigenvalue weighted by Crippen LogP contribution is -2.62. The molecule has 2 rings (SSSR count). The summed E-state index contributed by atoms with van der Waals surface area (Å²) in [6.45, 7) is 23.6. The number of hydrogen-bond acceptors (Lipinski definition) is 12. The third-order valence-electron chi connectivity index (χ3n) is 9.84. The maximum atomic E-state index is 12.7. The molecule has 0 aromatic rings. The smallest absolute Gasteiger partial charge is 0.306 e. The molecule has 4 N–H and O–H groups in total. The van der Waals surface area contributed by atoms with Crippen LogP contribution in [0.3, 0.4) is 0 Å². The highest BCUT2D eigenvalue weighted by Gasteiger charge is 2.49. The van der Waals surface area contributed by atoms with Crippen LogP contribution in [0.2, 0.25) is 0 Å². The van der Waals surface area contributed by atoms with E-state index in [0.717, 1.165) is 38.5 Å². The number of hydrogen-bond donors (Lipinski definition) is 4. The van der Waals surface area contributed by atoms with Gasteiger partial charge in [0.1, 0.15) is 12.2 Å². The highest BCUT2D eigenvalue weighted by molar-refractivity contribution is 5.71. The fraction of sp³-hybridized carbons (Fsp3) is 0.905. The molecule has 0 aromatic carbocycles. The van der Waals surface area contributed by atoms with Gasteiger partial charge in [-0.25, -0.2) is 0 Å². The normalized spacial score (nSPS) is 20.1. The summed E-state index contributed by atoms with van der Waals surface area (Å²) < 4.78 is 11.7. The Kier molecular flexibility index (Phi) is 20.4. The van der Waals surface area contributed by atoms with Crippen molar-refractivity contribution < 1.29 is 58.8 Å². The van der Waals surface area contributed by atoms with Crippen molar-refractivity contribution in [3.63, 3.8) is 0 Å². The summed E-state index contributed by atoms with van der Waals surface area (Å²) >= 11 is 0. The Bertz CT molecular complexity index is 1100. The number of carboxylic acids is 2. The van der Waals surface area contributed by atoms with Gasteiger partial charge < -0.3 is 29.9 Å². The average molecular weight is 803 g/mol. The van der Waals surface area contributed by atoms with Crippen LogP contribution in [0.25, 0.3) is 0 Å². The molecule has 2 fully saturated rings. The van der Waals surface area contributed by atoms with Crippen LogP contribution in [0.1, 0.15) is 186 Å². The van der Waals surface area contributed by atoms with Crippen LogP contribution in [0.5, 0.6) is 0 Å². The molecule has 0 radical (unpaired) electrons. The van der Waals surface area contributed by atoms with Crippen molar-refractivity contribution in [2.45, 2.75) is 231 Å². The van der Waals surface area contributed by atoms with Gasteiger partial charge in [0.05, 0.1) is 24.4 Å². The SMILES string of the molecule is CC(C)(O)CON1C(C)(C)CC(OC(=O)CCCCC(=O)OC2CC(C)(C)N(OCC(C)(C)O)C(C)(C)C2)CC1(C)C.O=C(O)CCCCCCCCC(=O)O. The van der Waals surface area contributed by atoms with Crippen LogP contribution in [-0.2, 0) is 38.3 Å². The zero-order valence-corrected chi connectivity index (χ0v) is 36.8. The number of unbranched alkanes of at least 4 members (excludes halogenated alkanes) is 6. The molecule has 0 aromatic heterocycles. The molecule has 14 heteroatoms. The number of esters is 2. The number of carbonyl (C=O) groups is 4. The molecule has 0 unspecified atom stereocenters. The van der Waals surface area contributed by atoms with E-state index in [9.17, 15) is 29.4 Å². The molecule has 0 amide bonds. The fourth-order valence-corrected chi connectivity index (χ4v) is 7.94. The Hall–Kier alpha value is -2.36. The van der Waals surface area contributed by atoms with E-state index in [4.69, 9.17) is 29.4 Å². The van der Waals surface area contributed by atoms with E-state index in [2.05, 4.69) is 55.4 Å². The van der Waals surface area contributed by atoms with Gasteiger partial charge in [-0.1, -0.05) is 25.7 Å². The first kappa shape index (κ1) is 51.7. The minimum Gasteiger partial charge on any atom is -0.481 e. The van der Waals surface area contributed by atoms with Crippen molar-refractivity contribution in [2.75, 3.05) is 13.2 Å². The van der Waals surface area contributed by atoms with Crippen molar-refractivity contribution in [1.29, 1.82) is 0 Å². The lowest BCUT2D eigenvalue weighted by atomic mass is 9.80. The van der Waals surface area contributed by atoms with Gasteiger partial charge in [-0.3, -0.25) is 28.9 Å². The van der Waals surface area contributed by atoms with Gasteiger partial charge in [0.25, 0.3) is 0 Å². The molecule has 0 atom stereocenters. The van der Waals surface area contributed by atoms with Crippen LogP contribution in [0, 0.1) is 0 Å². The quantitative estimate of drug-likeness (QED) is 0.0627. The third-order valence-corrected chi connectivity index (χ3v) is 9.84. The summed E-state index contributed by atoms with van der Waals surface area (Å²) in [7, 11) is 0. The molecule has 14 nitrogen and oxygen atoms in total. The Morgan fingerprint density at radius 2 is 0.750 bits per heavy atom. The van der Waals surface area contributed by atoms with E-state index in [0.29, 0.717) is 38.5 Å². The van der Waals surface area contributed by atoms with Gasteiger partial charge in [-0.15, -0.1) is 0 Å². The number of hydroxylamine groups is 4. The number of carbonyl (C=O) groups excluding carboxylic acids is 2. The Labute approximate surface area is 336 Å². The van der Waals surface area contributed by atoms with E-state index < -0.39 is 23.1 Å². The maximum Gasteiger partial charge on any atom is 0.306 e. The molecule has 2 aliphatic rings. The minimum absolute atomic E-state index is 0.180. The zero-order chi connectivity index (χ0) is 43.2. The van der Waals surface area contributed by atoms with Crippen LogP contribution < -0.4 is 0 Å². The molecule has 2 heterocycles. The number of rotatable bonds is 22. The highest BCUT2D eigenvalue weighted by Crippen LogP contribution is 2.41. The van der Waals surface area contributed by atoms with Gasteiger partial charge in [-0.2, -0.15) is 10.1 Å². The van der Waals surface area contributed by atoms with Crippen molar-refractivity contribution in [3.8, 4) is 0 Å². The monoisotopic (exact) mass is 803 g/mol. The topological polar surface area (TPSA) is 193 Å². The Morgan fingerprint density at radius 1 is 0.500 bits per heavy atom. The molecule has 328 valence electrons. The number of ether oxygens (including phenoxy) is 2. The molecule has 0 saturated carbocycles. The van der Waals surface area contributed by atoms with Crippen LogP contribution in [0.4, 0.5) is 0 Å². The summed E-state index contributed by atoms with van der Waals surface area (Å²) in [5, 5.41) is 40.8. The Balaban J connectivity index is 0.000000947. The molecular formula is C42H78N2O12. The maximum absolute atomic E-state index is 12.7. The summed E-state index contributed by atoms with van der Waals surface area (Å²) in [5.74, 6) is -1.99. The molecular weight excluding hydrogens is 724 g/mol. The average Bonchev–Trinajstić information content (AvgIpc) is 2.97. The summed E-state index contributed by atoms with van der Waals surface area (Å²) in [5.41, 5.74) is -3.43. The van der Waals surface area contributed by atoms with Gasteiger partial charge in [0.2, 0.25) is 0 Å². The highest BCUT2D eigenvalue weighted by atomic mass is 16.7. The second-order valence-corrected chi connectivity index (χ2v) is 19.7. The van der Waals surface area contributed by atoms with Crippen molar-refractivity contribution in [2.24, 2.45) is 0 Å². The molecule has 0 spiro atoms. The van der Waals surface area contributed by atoms with Crippen LogP contribution in [0.15, 0.2) is 0 Å². The largest absolute Gasteiger partial charge is 0.481 e. The van der Waals surface area contributed by atoms with Gasteiger partial charge in [-0.05, 0) is 109 Å². The van der Waals surface area contributed by atoms with Crippen LogP contribution in [-0.4, -0.2) is 113 Å². The number of piperidine rings is 2. The molecule has 2 aliphatic heterocycles. The van der Waals surface area contributed by atoms with Gasteiger partial charge >= 0.3 is 23.9 Å². The fourth-order valence-electron chi connectivity index (χ4n) is 7.94. The van der Waals surface area contributed by atoms with E-state index >= 15 is 0 Å². The molecule has 0 aliphatic carbocycles. The van der Waals surface area contributed by atoms with E-state index in [1.165, 1.54) is 0 Å². The second-order valence-electron chi connectivity index (χ2n) is 19.7. The number of aliphatic carboxylic acids is 2. The number of aliphatic hydroxyl groups is 2. The predicted octanol–water partition coefficient (Wildman–Crippen LogP) is 7.36. The standard InChI is InChI=1S/C32H60N2O8.C10H18O4/c1-27(2)17-23(18-28(3,4)33(27)39-21-31(9,10)37)41-25(35)15-13-14-16-26(36)42-24-19-29(5,6)34(30(7,8)20-24)40-22-32(11,12)38;11-9(12)7-5-3-1-2-4-6-8-10(13)14/h23-24,37-38H,13-22H2,1-12H3;1-8H2,(H,11,12)(H,13,14). The third kappa shape index (κ3) is 20.9. The lowest BCUT2D eigenvalue weighted by molar-refractivity contribution is -0.307. The van der Waals surface area contributed by atoms with E-state index in [-0.39, 0.29) is 85.2 Å². The van der Waals surface area contributed by atoms with Crippen molar-refractivity contribution in [1.82, 2.24) is 10.1 Å². The first-order chi connectivity index (χ1) is 25.5. The second kappa shape index (κ2) is 22.1. The summed E-state index contributed by atoms with van der Waals surface area (Å²) in [4.78, 5) is 57.7. The van der Waals surface area contributed by atoms with Gasteiger partial charge in [0, 0.05) is 73.5 Å². The van der Waals surface area contributed by atoms with Crippen molar-refractivity contribution >= 4 is 23.9 Å². The molecule has 56 heavy (non-hydrogen) atoms. The predicted molar refractivity (Wildman–Crippen MR) is 213 cm³/mol. The van der Waals surface area contributed by atoms with E-state index in [1.807, 2.05) is 10.1 Å². The Morgan fingerprint density at radius 3 is 1.00 bits per heavy atom. The first-order valence-corrected chi connectivity index (χ1v) is 20.6. The minimum atomic E-state index is -0.945.